The van der Waals surface area contributed by atoms with E-state index in [1.54, 1.807) is 44.5 Å². The van der Waals surface area contributed by atoms with Crippen molar-refractivity contribution in [1.82, 2.24) is 14.9 Å². The molecule has 2 aromatic heterocycles. The Morgan fingerprint density at radius 2 is 1.96 bits per heavy atom. The summed E-state index contributed by atoms with van der Waals surface area (Å²) in [6, 6.07) is 8.77. The highest BCUT2D eigenvalue weighted by molar-refractivity contribution is 7.17. The highest BCUT2D eigenvalue weighted by atomic mass is 32.1. The van der Waals surface area contributed by atoms with Gasteiger partial charge in [0, 0.05) is 7.05 Å². The Balaban J connectivity index is 1.60. The normalized spacial score (nSPS) is 10.6. The van der Waals surface area contributed by atoms with E-state index in [9.17, 15) is 9.59 Å². The minimum Gasteiger partial charge on any atom is -0.497 e. The third-order valence-corrected chi connectivity index (χ3v) is 4.50. The zero-order chi connectivity index (χ0) is 17.8. The number of thiophene rings is 1. The number of H-pyrrole nitrogens is 1. The molecule has 0 saturated carbocycles. The number of nitrogens with zero attached hydrogens (tertiary/aromatic N) is 2. The van der Waals surface area contributed by atoms with Crippen molar-refractivity contribution in [3.05, 3.63) is 51.9 Å². The maximum absolute atomic E-state index is 12.2. The van der Waals surface area contributed by atoms with Crippen LogP contribution in [-0.2, 0) is 11.3 Å². The monoisotopic (exact) mass is 359 g/mol. The molecule has 0 atom stereocenters. The third kappa shape index (κ3) is 3.97. The number of rotatable bonds is 6. The minimum absolute atomic E-state index is 0.103. The summed E-state index contributed by atoms with van der Waals surface area (Å²) in [5.74, 6) is 1.52. The van der Waals surface area contributed by atoms with Crippen LogP contribution in [0.25, 0.3) is 10.2 Å². The number of carbonyl (C=O) groups is 1. The Kier molecular flexibility index (Phi) is 4.99. The minimum atomic E-state index is -0.219. The van der Waals surface area contributed by atoms with Crippen LogP contribution in [0.2, 0.25) is 0 Å². The molecular weight excluding hydrogens is 342 g/mol. The summed E-state index contributed by atoms with van der Waals surface area (Å²) in [7, 11) is 3.22. The van der Waals surface area contributed by atoms with E-state index in [1.807, 2.05) is 5.38 Å². The second-order valence-electron chi connectivity index (χ2n) is 5.36. The number of aromatic nitrogens is 2. The highest BCUT2D eigenvalue weighted by Gasteiger charge is 2.13. The molecular formula is C17H17N3O4S. The first-order valence-corrected chi connectivity index (χ1v) is 8.42. The first-order chi connectivity index (χ1) is 12.1. The van der Waals surface area contributed by atoms with Crippen molar-refractivity contribution in [3.8, 4) is 11.5 Å². The van der Waals surface area contributed by atoms with Gasteiger partial charge in [0.1, 0.15) is 22.0 Å². The summed E-state index contributed by atoms with van der Waals surface area (Å²) in [5, 5.41) is 1.81. The third-order valence-electron chi connectivity index (χ3n) is 3.60. The number of hydrogen-bond acceptors (Lipinski definition) is 6. The number of methoxy groups -OCH3 is 1. The van der Waals surface area contributed by atoms with E-state index in [-0.39, 0.29) is 24.6 Å². The van der Waals surface area contributed by atoms with Crippen LogP contribution >= 0.6 is 11.3 Å². The number of likely N-dealkylation sites (N-methyl/N-ethyl adjacent to an activating group) is 1. The Hall–Kier alpha value is -2.87. The summed E-state index contributed by atoms with van der Waals surface area (Å²) in [5.41, 5.74) is 0.449. The van der Waals surface area contributed by atoms with E-state index >= 15 is 0 Å². The van der Waals surface area contributed by atoms with Crippen LogP contribution in [0.15, 0.2) is 40.5 Å². The first-order valence-electron chi connectivity index (χ1n) is 7.54. The molecule has 0 spiro atoms. The lowest BCUT2D eigenvalue weighted by atomic mass is 10.3. The zero-order valence-electron chi connectivity index (χ0n) is 13.8. The lowest BCUT2D eigenvalue weighted by Gasteiger charge is -2.17. The fourth-order valence-corrected chi connectivity index (χ4v) is 2.96. The van der Waals surface area contributed by atoms with Crippen molar-refractivity contribution >= 4 is 27.5 Å². The van der Waals surface area contributed by atoms with Gasteiger partial charge >= 0.3 is 0 Å². The second kappa shape index (κ2) is 7.35. The number of benzene rings is 1. The largest absolute Gasteiger partial charge is 0.497 e. The topological polar surface area (TPSA) is 84.5 Å². The number of aromatic amines is 1. The van der Waals surface area contributed by atoms with Crippen LogP contribution in [0.4, 0.5) is 0 Å². The number of fused-ring (bicyclic) bond motifs is 1. The van der Waals surface area contributed by atoms with Gasteiger partial charge < -0.3 is 19.4 Å². The molecule has 1 aromatic carbocycles. The van der Waals surface area contributed by atoms with Crippen molar-refractivity contribution in [2.45, 2.75) is 6.54 Å². The van der Waals surface area contributed by atoms with Crippen LogP contribution < -0.4 is 15.0 Å². The number of hydrogen-bond donors (Lipinski definition) is 1. The lowest BCUT2D eigenvalue weighted by Crippen LogP contribution is -2.32. The van der Waals surface area contributed by atoms with E-state index in [2.05, 4.69) is 9.97 Å². The predicted molar refractivity (Wildman–Crippen MR) is 95.2 cm³/mol. The Morgan fingerprint density at radius 1 is 1.24 bits per heavy atom. The number of ether oxygens (including phenoxy) is 2. The van der Waals surface area contributed by atoms with Crippen LogP contribution in [0.5, 0.6) is 11.5 Å². The lowest BCUT2D eigenvalue weighted by molar-refractivity contribution is -0.132. The molecule has 2 heterocycles. The van der Waals surface area contributed by atoms with Gasteiger partial charge in [0.15, 0.2) is 6.61 Å². The van der Waals surface area contributed by atoms with Gasteiger partial charge in [0.2, 0.25) is 0 Å². The molecule has 0 aliphatic rings. The van der Waals surface area contributed by atoms with Crippen molar-refractivity contribution in [3.63, 3.8) is 0 Å². The van der Waals surface area contributed by atoms with Gasteiger partial charge in [-0.1, -0.05) is 0 Å². The Bertz CT molecular complexity index is 933. The predicted octanol–water partition coefficient (Wildman–Crippen LogP) is 2.03. The molecule has 7 nitrogen and oxygen atoms in total. The average Bonchev–Trinajstić information content (AvgIpc) is 3.09. The summed E-state index contributed by atoms with van der Waals surface area (Å²) in [6.45, 7) is 0.0968. The summed E-state index contributed by atoms with van der Waals surface area (Å²) >= 11 is 1.34. The molecule has 0 unspecified atom stereocenters. The molecule has 1 amide bonds. The van der Waals surface area contributed by atoms with Gasteiger partial charge in [-0.2, -0.15) is 0 Å². The molecule has 3 aromatic rings. The van der Waals surface area contributed by atoms with Crippen LogP contribution in [0, 0.1) is 0 Å². The van der Waals surface area contributed by atoms with Gasteiger partial charge in [-0.3, -0.25) is 9.59 Å². The molecule has 0 radical (unpaired) electrons. The summed E-state index contributed by atoms with van der Waals surface area (Å²) in [4.78, 5) is 32.7. The standard InChI is InChI=1S/C17H17N3O4S/c1-20(9-14-18-13-7-8-25-16(13)17(22)19-14)15(21)10-24-12-5-3-11(23-2)4-6-12/h3-8H,9-10H2,1-2H3,(H,18,19,22). The molecule has 0 bridgehead atoms. The number of amides is 1. The van der Waals surface area contributed by atoms with Crippen LogP contribution in [0.3, 0.4) is 0 Å². The zero-order valence-corrected chi connectivity index (χ0v) is 14.6. The molecule has 8 heteroatoms. The van der Waals surface area contributed by atoms with Gasteiger partial charge in [-0.25, -0.2) is 4.98 Å². The summed E-state index contributed by atoms with van der Waals surface area (Å²) < 4.78 is 11.1. The fourth-order valence-electron chi connectivity index (χ4n) is 2.24. The van der Waals surface area contributed by atoms with Crippen LogP contribution in [-0.4, -0.2) is 41.5 Å². The van der Waals surface area contributed by atoms with Crippen molar-refractivity contribution in [2.24, 2.45) is 0 Å². The average molecular weight is 359 g/mol. The quantitative estimate of drug-likeness (QED) is 0.728. The van der Waals surface area contributed by atoms with Crippen molar-refractivity contribution < 1.29 is 14.3 Å². The molecule has 3 rings (SSSR count). The molecule has 0 aliphatic heterocycles. The van der Waals surface area contributed by atoms with E-state index in [0.717, 1.165) is 5.75 Å². The fraction of sp³-hybridized carbons (Fsp3) is 0.235. The Labute approximate surface area is 147 Å². The number of nitrogens with one attached hydrogen (secondary N) is 1. The molecule has 0 saturated heterocycles. The van der Waals surface area contributed by atoms with E-state index in [0.29, 0.717) is 21.8 Å². The first kappa shape index (κ1) is 17.0. The Morgan fingerprint density at radius 3 is 2.68 bits per heavy atom. The van der Waals surface area contributed by atoms with Gasteiger partial charge in [-0.05, 0) is 35.7 Å². The van der Waals surface area contributed by atoms with Gasteiger partial charge in [0.25, 0.3) is 11.5 Å². The van der Waals surface area contributed by atoms with E-state index in [1.165, 1.54) is 16.2 Å². The molecule has 25 heavy (non-hydrogen) atoms. The SMILES string of the molecule is COc1ccc(OCC(=O)N(C)Cc2nc3ccsc3c(=O)[nH]2)cc1. The molecule has 1 N–H and O–H groups in total. The van der Waals surface area contributed by atoms with E-state index in [4.69, 9.17) is 9.47 Å². The smallest absolute Gasteiger partial charge is 0.268 e. The molecule has 130 valence electrons. The highest BCUT2D eigenvalue weighted by Crippen LogP contribution is 2.17. The maximum atomic E-state index is 12.2. The maximum Gasteiger partial charge on any atom is 0.268 e. The van der Waals surface area contributed by atoms with Crippen LogP contribution in [0.1, 0.15) is 5.82 Å². The molecule has 0 aliphatic carbocycles. The van der Waals surface area contributed by atoms with Crippen molar-refractivity contribution in [2.75, 3.05) is 20.8 Å². The van der Waals surface area contributed by atoms with E-state index < -0.39 is 0 Å². The summed E-state index contributed by atoms with van der Waals surface area (Å²) in [6.07, 6.45) is 0. The molecule has 0 fully saturated rings. The van der Waals surface area contributed by atoms with Crippen molar-refractivity contribution in [1.29, 1.82) is 0 Å². The second-order valence-corrected chi connectivity index (χ2v) is 6.28. The van der Waals surface area contributed by atoms with Gasteiger partial charge in [0.05, 0.1) is 19.2 Å². The number of carbonyl (C=O) groups excluding carboxylic acids is 1. The van der Waals surface area contributed by atoms with Gasteiger partial charge in [-0.15, -0.1) is 11.3 Å².